The van der Waals surface area contributed by atoms with Gasteiger partial charge >= 0.3 is 0 Å². The molecule has 1 saturated carbocycles. The van der Waals surface area contributed by atoms with Crippen molar-refractivity contribution < 1.29 is 0 Å². The van der Waals surface area contributed by atoms with Gasteiger partial charge in [0.1, 0.15) is 0 Å². The van der Waals surface area contributed by atoms with Gasteiger partial charge in [0.2, 0.25) is 0 Å². The molecule has 0 radical (unpaired) electrons. The van der Waals surface area contributed by atoms with Crippen LogP contribution < -0.4 is 11.1 Å². The molecule has 1 aliphatic carbocycles. The van der Waals surface area contributed by atoms with E-state index in [1.165, 1.54) is 13.0 Å². The van der Waals surface area contributed by atoms with E-state index in [1.807, 2.05) is 0 Å². The van der Waals surface area contributed by atoms with Crippen LogP contribution in [0.2, 0.25) is 0 Å². The number of nitrogens with two attached hydrogens (primary N) is 1. The third kappa shape index (κ3) is 2.68. The van der Waals surface area contributed by atoms with Crippen LogP contribution in [0.1, 0.15) is 40.0 Å². The summed E-state index contributed by atoms with van der Waals surface area (Å²) in [6.07, 6.45) is 3.68. The fourth-order valence-electron chi connectivity index (χ4n) is 1.89. The maximum absolute atomic E-state index is 5.81. The van der Waals surface area contributed by atoms with Crippen molar-refractivity contribution in [2.75, 3.05) is 13.1 Å². The Kier molecular flexibility index (Phi) is 3.74. The first-order valence-corrected chi connectivity index (χ1v) is 5.62. The highest BCUT2D eigenvalue weighted by atomic mass is 15.0. The van der Waals surface area contributed by atoms with E-state index >= 15 is 0 Å². The SMILES string of the molecule is CCC(CC)(CN)NCC1CC1C. The van der Waals surface area contributed by atoms with Gasteiger partial charge in [0, 0.05) is 12.1 Å². The Bertz CT molecular complexity index is 144. The van der Waals surface area contributed by atoms with E-state index in [4.69, 9.17) is 5.73 Å². The van der Waals surface area contributed by atoms with Crippen LogP contribution in [0, 0.1) is 11.8 Å². The Hall–Kier alpha value is -0.0800. The molecule has 78 valence electrons. The Morgan fingerprint density at radius 3 is 2.23 bits per heavy atom. The van der Waals surface area contributed by atoms with E-state index in [0.29, 0.717) is 0 Å². The van der Waals surface area contributed by atoms with Gasteiger partial charge in [0.05, 0.1) is 0 Å². The zero-order chi connectivity index (χ0) is 9.90. The third-order valence-corrected chi connectivity index (χ3v) is 3.76. The van der Waals surface area contributed by atoms with E-state index in [9.17, 15) is 0 Å². The number of nitrogens with one attached hydrogen (secondary N) is 1. The zero-order valence-corrected chi connectivity index (χ0v) is 9.27. The van der Waals surface area contributed by atoms with Crippen LogP contribution >= 0.6 is 0 Å². The van der Waals surface area contributed by atoms with E-state index < -0.39 is 0 Å². The highest BCUT2D eigenvalue weighted by Crippen LogP contribution is 2.37. The Morgan fingerprint density at radius 2 is 1.92 bits per heavy atom. The molecule has 2 heteroatoms. The fourth-order valence-corrected chi connectivity index (χ4v) is 1.89. The molecule has 0 aromatic heterocycles. The van der Waals surface area contributed by atoms with Gasteiger partial charge in [0.15, 0.2) is 0 Å². The molecule has 0 saturated heterocycles. The van der Waals surface area contributed by atoms with Gasteiger partial charge in [-0.05, 0) is 37.6 Å². The highest BCUT2D eigenvalue weighted by molar-refractivity contribution is 4.91. The minimum atomic E-state index is 0.211. The minimum Gasteiger partial charge on any atom is -0.329 e. The first kappa shape index (κ1) is 11.0. The standard InChI is InChI=1S/C11H24N2/c1-4-11(5-2,8-12)13-7-10-6-9(10)3/h9-10,13H,4-8,12H2,1-3H3. The van der Waals surface area contributed by atoms with Crippen LogP contribution in [0.25, 0.3) is 0 Å². The first-order valence-electron chi connectivity index (χ1n) is 5.62. The summed E-state index contributed by atoms with van der Waals surface area (Å²) in [5.74, 6) is 1.86. The largest absolute Gasteiger partial charge is 0.329 e. The summed E-state index contributed by atoms with van der Waals surface area (Å²) in [6, 6.07) is 0. The third-order valence-electron chi connectivity index (χ3n) is 3.76. The number of rotatable bonds is 6. The van der Waals surface area contributed by atoms with Crippen molar-refractivity contribution in [1.29, 1.82) is 0 Å². The monoisotopic (exact) mass is 184 g/mol. The van der Waals surface area contributed by atoms with Gasteiger partial charge in [-0.25, -0.2) is 0 Å². The molecule has 0 amide bonds. The molecule has 13 heavy (non-hydrogen) atoms. The predicted octanol–water partition coefficient (Wildman–Crippen LogP) is 1.75. The quantitative estimate of drug-likeness (QED) is 0.660. The van der Waals surface area contributed by atoms with Crippen molar-refractivity contribution in [2.24, 2.45) is 17.6 Å². The second-order valence-electron chi connectivity index (χ2n) is 4.55. The van der Waals surface area contributed by atoms with Crippen LogP contribution in [0.15, 0.2) is 0 Å². The van der Waals surface area contributed by atoms with Crippen LogP contribution in [0.3, 0.4) is 0 Å². The van der Waals surface area contributed by atoms with Crippen LogP contribution in [0.5, 0.6) is 0 Å². The Morgan fingerprint density at radius 1 is 1.38 bits per heavy atom. The first-order chi connectivity index (χ1) is 6.17. The van der Waals surface area contributed by atoms with Gasteiger partial charge in [-0.15, -0.1) is 0 Å². The Balaban J connectivity index is 2.29. The summed E-state index contributed by atoms with van der Waals surface area (Å²) in [7, 11) is 0. The second kappa shape index (κ2) is 4.43. The maximum Gasteiger partial charge on any atom is 0.0298 e. The van der Waals surface area contributed by atoms with Crippen LogP contribution in [0.4, 0.5) is 0 Å². The van der Waals surface area contributed by atoms with E-state index in [0.717, 1.165) is 31.2 Å². The van der Waals surface area contributed by atoms with Gasteiger partial charge in [-0.2, -0.15) is 0 Å². The molecule has 0 bridgehead atoms. The molecule has 3 N–H and O–H groups in total. The van der Waals surface area contributed by atoms with Gasteiger partial charge in [-0.3, -0.25) is 0 Å². The summed E-state index contributed by atoms with van der Waals surface area (Å²) in [5, 5.41) is 3.65. The summed E-state index contributed by atoms with van der Waals surface area (Å²) in [5.41, 5.74) is 6.02. The van der Waals surface area contributed by atoms with Crippen molar-refractivity contribution in [1.82, 2.24) is 5.32 Å². The minimum absolute atomic E-state index is 0.211. The zero-order valence-electron chi connectivity index (χ0n) is 9.27. The summed E-state index contributed by atoms with van der Waals surface area (Å²) in [4.78, 5) is 0. The topological polar surface area (TPSA) is 38.0 Å². The van der Waals surface area contributed by atoms with Gasteiger partial charge in [0.25, 0.3) is 0 Å². The van der Waals surface area contributed by atoms with Crippen molar-refractivity contribution in [3.63, 3.8) is 0 Å². The molecule has 1 rings (SSSR count). The predicted molar refractivity (Wildman–Crippen MR) is 57.6 cm³/mol. The molecule has 2 atom stereocenters. The molecule has 0 aromatic carbocycles. The van der Waals surface area contributed by atoms with Crippen LogP contribution in [-0.2, 0) is 0 Å². The lowest BCUT2D eigenvalue weighted by atomic mass is 9.93. The van der Waals surface area contributed by atoms with Crippen LogP contribution in [-0.4, -0.2) is 18.6 Å². The van der Waals surface area contributed by atoms with E-state index in [1.54, 1.807) is 0 Å². The second-order valence-corrected chi connectivity index (χ2v) is 4.55. The smallest absolute Gasteiger partial charge is 0.0298 e. The molecule has 0 aliphatic heterocycles. The summed E-state index contributed by atoms with van der Waals surface area (Å²) in [6.45, 7) is 8.70. The van der Waals surface area contributed by atoms with Crippen molar-refractivity contribution >= 4 is 0 Å². The Labute approximate surface area is 82.3 Å². The van der Waals surface area contributed by atoms with Crippen molar-refractivity contribution in [3.05, 3.63) is 0 Å². The molecule has 0 spiro atoms. The van der Waals surface area contributed by atoms with E-state index in [-0.39, 0.29) is 5.54 Å². The number of hydrogen-bond acceptors (Lipinski definition) is 2. The maximum atomic E-state index is 5.81. The average Bonchev–Trinajstić information content (AvgIpc) is 2.86. The summed E-state index contributed by atoms with van der Waals surface area (Å²) >= 11 is 0. The lowest BCUT2D eigenvalue weighted by Gasteiger charge is -2.31. The molecule has 1 fully saturated rings. The summed E-state index contributed by atoms with van der Waals surface area (Å²) < 4.78 is 0. The number of hydrogen-bond donors (Lipinski definition) is 2. The molecule has 0 heterocycles. The van der Waals surface area contributed by atoms with Gasteiger partial charge in [-0.1, -0.05) is 20.8 Å². The molecule has 1 aliphatic rings. The molecular weight excluding hydrogens is 160 g/mol. The normalized spacial score (nSPS) is 27.7. The van der Waals surface area contributed by atoms with E-state index in [2.05, 4.69) is 26.1 Å². The molecule has 2 unspecified atom stereocenters. The molecular formula is C11H24N2. The lowest BCUT2D eigenvalue weighted by molar-refractivity contribution is 0.303. The van der Waals surface area contributed by atoms with Gasteiger partial charge < -0.3 is 11.1 Å². The van der Waals surface area contributed by atoms with Crippen molar-refractivity contribution in [2.45, 2.75) is 45.6 Å². The molecule has 2 nitrogen and oxygen atoms in total. The average molecular weight is 184 g/mol. The fraction of sp³-hybridized carbons (Fsp3) is 1.00. The lowest BCUT2D eigenvalue weighted by Crippen LogP contribution is -2.51. The highest BCUT2D eigenvalue weighted by Gasteiger charge is 2.34. The molecule has 0 aromatic rings. The van der Waals surface area contributed by atoms with Crippen molar-refractivity contribution in [3.8, 4) is 0 Å².